The number of rotatable bonds is 8. The van der Waals surface area contributed by atoms with Gasteiger partial charge in [-0.05, 0) is 70.9 Å². The summed E-state index contributed by atoms with van der Waals surface area (Å²) in [5, 5.41) is 15.2. The number of ether oxygens (including phenoxy) is 2. The Kier molecular flexibility index (Phi) is 8.17. The zero-order valence-corrected chi connectivity index (χ0v) is 20.5. The van der Waals surface area contributed by atoms with E-state index in [9.17, 15) is 23.3 Å². The van der Waals surface area contributed by atoms with Crippen LogP contribution in [-0.4, -0.2) is 11.5 Å². The van der Waals surface area contributed by atoms with E-state index in [4.69, 9.17) is 32.7 Å². The standard InChI is InChI=1S/C22H16BrCl2F3N2O4/c1-2-33-20-8-12(11-29-14-4-5-15(23)16(24)10-14)7-17(25)21(20)34-19-6-3-13(22(26,27)28)9-18(19)30(31)32/h3-10,29H,2,11H2,1H3. The van der Waals surface area contributed by atoms with Crippen LogP contribution in [0.5, 0.6) is 17.2 Å². The number of hydrogen-bond donors (Lipinski definition) is 1. The van der Waals surface area contributed by atoms with E-state index < -0.39 is 28.1 Å². The lowest BCUT2D eigenvalue weighted by molar-refractivity contribution is -0.385. The molecule has 0 amide bonds. The number of hydrogen-bond acceptors (Lipinski definition) is 5. The fourth-order valence-corrected chi connectivity index (χ4v) is 3.63. The summed E-state index contributed by atoms with van der Waals surface area (Å²) in [6.45, 7) is 2.27. The van der Waals surface area contributed by atoms with E-state index in [1.165, 1.54) is 0 Å². The molecule has 0 aliphatic carbocycles. The highest BCUT2D eigenvalue weighted by Crippen LogP contribution is 2.43. The highest BCUT2D eigenvalue weighted by molar-refractivity contribution is 9.10. The Hall–Kier alpha value is -2.69. The molecule has 180 valence electrons. The first kappa shape index (κ1) is 25.9. The molecule has 0 unspecified atom stereocenters. The van der Waals surface area contributed by atoms with Gasteiger partial charge in [0, 0.05) is 22.8 Å². The smallest absolute Gasteiger partial charge is 0.416 e. The predicted molar refractivity (Wildman–Crippen MR) is 127 cm³/mol. The van der Waals surface area contributed by atoms with Gasteiger partial charge in [-0.1, -0.05) is 23.2 Å². The molecule has 0 saturated carbocycles. The van der Waals surface area contributed by atoms with Gasteiger partial charge in [-0.25, -0.2) is 0 Å². The largest absolute Gasteiger partial charge is 0.490 e. The normalized spacial score (nSPS) is 11.3. The van der Waals surface area contributed by atoms with Crippen molar-refractivity contribution in [3.05, 3.63) is 84.3 Å². The van der Waals surface area contributed by atoms with Crippen LogP contribution in [0.4, 0.5) is 24.5 Å². The van der Waals surface area contributed by atoms with Gasteiger partial charge in [-0.3, -0.25) is 10.1 Å². The van der Waals surface area contributed by atoms with E-state index in [1.54, 1.807) is 31.2 Å². The molecule has 0 aromatic heterocycles. The minimum Gasteiger partial charge on any atom is -0.490 e. The second-order valence-corrected chi connectivity index (χ2v) is 8.53. The Balaban J connectivity index is 1.91. The fourth-order valence-electron chi connectivity index (χ4n) is 2.93. The first-order valence-corrected chi connectivity index (χ1v) is 11.2. The molecule has 0 atom stereocenters. The summed E-state index contributed by atoms with van der Waals surface area (Å²) in [5.41, 5.74) is -0.576. The molecule has 0 spiro atoms. The number of benzene rings is 3. The van der Waals surface area contributed by atoms with Crippen LogP contribution < -0.4 is 14.8 Å². The Morgan fingerprint density at radius 1 is 1.06 bits per heavy atom. The molecule has 12 heteroatoms. The first-order chi connectivity index (χ1) is 16.0. The van der Waals surface area contributed by atoms with Gasteiger partial charge in [0.1, 0.15) is 0 Å². The van der Waals surface area contributed by atoms with Crippen molar-refractivity contribution in [2.75, 3.05) is 11.9 Å². The van der Waals surface area contributed by atoms with E-state index in [0.29, 0.717) is 29.3 Å². The summed E-state index contributed by atoms with van der Waals surface area (Å²) in [5.74, 6) is -0.284. The van der Waals surface area contributed by atoms with Gasteiger partial charge >= 0.3 is 11.9 Å². The summed E-state index contributed by atoms with van der Waals surface area (Å²) in [4.78, 5) is 10.4. The quantitative estimate of drug-likeness (QED) is 0.214. The van der Waals surface area contributed by atoms with Gasteiger partial charge in [-0.15, -0.1) is 0 Å². The van der Waals surface area contributed by atoms with Crippen molar-refractivity contribution in [2.45, 2.75) is 19.6 Å². The number of nitro benzene ring substituents is 1. The summed E-state index contributed by atoms with van der Waals surface area (Å²) >= 11 is 15.8. The van der Waals surface area contributed by atoms with Crippen LogP contribution in [0.15, 0.2) is 53.0 Å². The maximum atomic E-state index is 13.0. The van der Waals surface area contributed by atoms with Crippen molar-refractivity contribution < 1.29 is 27.6 Å². The van der Waals surface area contributed by atoms with E-state index >= 15 is 0 Å². The van der Waals surface area contributed by atoms with Gasteiger partial charge in [-0.2, -0.15) is 13.2 Å². The molecule has 1 N–H and O–H groups in total. The topological polar surface area (TPSA) is 73.6 Å². The maximum absolute atomic E-state index is 13.0. The second-order valence-electron chi connectivity index (χ2n) is 6.86. The minimum absolute atomic E-state index is 0.0539. The molecule has 0 bridgehead atoms. The van der Waals surface area contributed by atoms with E-state index in [2.05, 4.69) is 21.2 Å². The second kappa shape index (κ2) is 10.7. The Morgan fingerprint density at radius 3 is 2.41 bits per heavy atom. The van der Waals surface area contributed by atoms with Crippen molar-refractivity contribution in [1.29, 1.82) is 0 Å². The van der Waals surface area contributed by atoms with E-state index in [0.717, 1.165) is 16.2 Å². The molecule has 34 heavy (non-hydrogen) atoms. The molecule has 3 aromatic carbocycles. The first-order valence-electron chi connectivity index (χ1n) is 9.67. The third kappa shape index (κ3) is 6.25. The van der Waals surface area contributed by atoms with Crippen LogP contribution in [0.3, 0.4) is 0 Å². The lowest BCUT2D eigenvalue weighted by Crippen LogP contribution is -2.06. The number of halogens is 6. The lowest BCUT2D eigenvalue weighted by atomic mass is 10.1. The zero-order valence-electron chi connectivity index (χ0n) is 17.4. The SMILES string of the molecule is CCOc1cc(CNc2ccc(Br)c(Cl)c2)cc(Cl)c1Oc1ccc(C(F)(F)F)cc1[N+](=O)[O-]. The molecular weight excluding hydrogens is 564 g/mol. The van der Waals surface area contributed by atoms with Gasteiger partial charge < -0.3 is 14.8 Å². The number of anilines is 1. The Bertz CT molecular complexity index is 1230. The van der Waals surface area contributed by atoms with Crippen LogP contribution >= 0.6 is 39.1 Å². The molecule has 0 aliphatic heterocycles. The van der Waals surface area contributed by atoms with Gasteiger partial charge in [0.05, 0.1) is 27.1 Å². The molecule has 0 saturated heterocycles. The van der Waals surface area contributed by atoms with Crippen LogP contribution in [0, 0.1) is 10.1 Å². The molecule has 0 fully saturated rings. The average Bonchev–Trinajstić information content (AvgIpc) is 2.76. The minimum atomic E-state index is -4.74. The summed E-state index contributed by atoms with van der Waals surface area (Å²) in [7, 11) is 0. The molecule has 6 nitrogen and oxygen atoms in total. The van der Waals surface area contributed by atoms with Crippen molar-refractivity contribution >= 4 is 50.5 Å². The molecule has 0 radical (unpaired) electrons. The highest BCUT2D eigenvalue weighted by Gasteiger charge is 2.33. The monoisotopic (exact) mass is 578 g/mol. The van der Waals surface area contributed by atoms with Crippen LogP contribution in [-0.2, 0) is 12.7 Å². The number of nitrogens with one attached hydrogen (secondary N) is 1. The van der Waals surface area contributed by atoms with Crippen LogP contribution in [0.2, 0.25) is 10.0 Å². The summed E-state index contributed by atoms with van der Waals surface area (Å²) < 4.78 is 50.9. The summed E-state index contributed by atoms with van der Waals surface area (Å²) in [6, 6.07) is 10.5. The lowest BCUT2D eigenvalue weighted by Gasteiger charge is -2.16. The highest BCUT2D eigenvalue weighted by atomic mass is 79.9. The molecular formula is C22H16BrCl2F3N2O4. The van der Waals surface area contributed by atoms with Crippen molar-refractivity contribution in [2.24, 2.45) is 0 Å². The number of nitro groups is 1. The average molecular weight is 580 g/mol. The molecule has 3 aromatic rings. The van der Waals surface area contributed by atoms with Gasteiger partial charge in [0.2, 0.25) is 5.75 Å². The maximum Gasteiger partial charge on any atom is 0.416 e. The van der Waals surface area contributed by atoms with Gasteiger partial charge in [0.25, 0.3) is 0 Å². The number of nitrogens with zero attached hydrogens (tertiary/aromatic N) is 1. The van der Waals surface area contributed by atoms with E-state index in [-0.39, 0.29) is 23.1 Å². The molecule has 3 rings (SSSR count). The van der Waals surface area contributed by atoms with Crippen molar-refractivity contribution in [3.8, 4) is 17.2 Å². The van der Waals surface area contributed by atoms with Crippen molar-refractivity contribution in [3.63, 3.8) is 0 Å². The fraction of sp³-hybridized carbons (Fsp3) is 0.182. The van der Waals surface area contributed by atoms with E-state index in [1.807, 2.05) is 6.07 Å². The Labute approximate surface area is 210 Å². The summed E-state index contributed by atoms with van der Waals surface area (Å²) in [6.07, 6.45) is -4.74. The third-order valence-electron chi connectivity index (χ3n) is 4.48. The van der Waals surface area contributed by atoms with Gasteiger partial charge in [0.15, 0.2) is 11.5 Å². The Morgan fingerprint density at radius 2 is 1.79 bits per heavy atom. The number of alkyl halides is 3. The zero-order chi connectivity index (χ0) is 25.0. The third-order valence-corrected chi connectivity index (χ3v) is 5.99. The van der Waals surface area contributed by atoms with Crippen molar-refractivity contribution in [1.82, 2.24) is 0 Å². The predicted octanol–water partition coefficient (Wildman–Crippen LogP) is 8.49. The van der Waals surface area contributed by atoms with Crippen LogP contribution in [0.1, 0.15) is 18.1 Å². The molecule has 0 aliphatic rings. The van der Waals surface area contributed by atoms with Crippen LogP contribution in [0.25, 0.3) is 0 Å². The molecule has 0 heterocycles.